The van der Waals surface area contributed by atoms with E-state index >= 15 is 0 Å². The first kappa shape index (κ1) is 10.2. The van der Waals surface area contributed by atoms with Gasteiger partial charge in [0.2, 0.25) is 0 Å². The fraction of sp³-hybridized carbons (Fsp3) is 0.500. The third-order valence-corrected chi connectivity index (χ3v) is 3.52. The molecule has 0 spiro atoms. The summed E-state index contributed by atoms with van der Waals surface area (Å²) in [4.78, 5) is 2.42. The SMILES string of the molecule is Clc1ccc2c(c1)N1CCNC[C@@H]1CCO2. The number of nitrogens with zero attached hydrogens (tertiary/aromatic N) is 1. The summed E-state index contributed by atoms with van der Waals surface area (Å²) in [6, 6.07) is 6.42. The van der Waals surface area contributed by atoms with Crippen LogP contribution in [0.15, 0.2) is 18.2 Å². The molecular weight excluding hydrogens is 224 g/mol. The van der Waals surface area contributed by atoms with Gasteiger partial charge in [-0.3, -0.25) is 0 Å². The second kappa shape index (κ2) is 4.15. The van der Waals surface area contributed by atoms with Crippen molar-refractivity contribution in [3.8, 4) is 5.75 Å². The quantitative estimate of drug-likeness (QED) is 0.747. The van der Waals surface area contributed by atoms with Crippen LogP contribution >= 0.6 is 11.6 Å². The van der Waals surface area contributed by atoms with Crippen LogP contribution in [0.2, 0.25) is 5.02 Å². The maximum absolute atomic E-state index is 6.06. The van der Waals surface area contributed by atoms with Crippen LogP contribution in [0.5, 0.6) is 5.75 Å². The van der Waals surface area contributed by atoms with Gasteiger partial charge in [-0.05, 0) is 18.2 Å². The highest BCUT2D eigenvalue weighted by atomic mass is 35.5. The van der Waals surface area contributed by atoms with Gasteiger partial charge in [0.15, 0.2) is 0 Å². The molecule has 0 amide bonds. The molecule has 0 bridgehead atoms. The van der Waals surface area contributed by atoms with E-state index in [1.807, 2.05) is 18.2 Å². The van der Waals surface area contributed by atoms with Gasteiger partial charge in [-0.25, -0.2) is 0 Å². The molecule has 1 saturated heterocycles. The molecule has 3 rings (SSSR count). The summed E-state index contributed by atoms with van der Waals surface area (Å²) in [5, 5.41) is 4.21. The molecule has 0 radical (unpaired) electrons. The average Bonchev–Trinajstić information content (AvgIpc) is 2.48. The standard InChI is InChI=1S/C12H15ClN2O/c13-9-1-2-12-11(7-9)15-5-4-14-8-10(15)3-6-16-12/h1-2,7,10,14H,3-6,8H2/t10-/m0/s1. The zero-order valence-electron chi connectivity index (χ0n) is 9.08. The molecule has 2 heterocycles. The van der Waals surface area contributed by atoms with E-state index in [-0.39, 0.29) is 0 Å². The highest BCUT2D eigenvalue weighted by Gasteiger charge is 2.27. The van der Waals surface area contributed by atoms with Crippen LogP contribution in [0.4, 0.5) is 5.69 Å². The molecule has 0 aromatic heterocycles. The lowest BCUT2D eigenvalue weighted by atomic mass is 10.1. The fourth-order valence-corrected chi connectivity index (χ4v) is 2.64. The summed E-state index contributed by atoms with van der Waals surface area (Å²) >= 11 is 6.06. The van der Waals surface area contributed by atoms with Crippen LogP contribution in [0, 0.1) is 0 Å². The lowest BCUT2D eigenvalue weighted by Crippen LogP contribution is -2.51. The Hall–Kier alpha value is -0.930. The Kier molecular flexibility index (Phi) is 2.65. The number of anilines is 1. The minimum Gasteiger partial charge on any atom is -0.491 e. The van der Waals surface area contributed by atoms with Gasteiger partial charge in [0, 0.05) is 37.1 Å². The summed E-state index contributed by atoms with van der Waals surface area (Å²) in [7, 11) is 0. The third kappa shape index (κ3) is 1.74. The summed E-state index contributed by atoms with van der Waals surface area (Å²) in [6.07, 6.45) is 1.07. The zero-order valence-corrected chi connectivity index (χ0v) is 9.83. The lowest BCUT2D eigenvalue weighted by molar-refractivity contribution is 0.304. The molecule has 1 aromatic carbocycles. The first-order chi connectivity index (χ1) is 7.84. The monoisotopic (exact) mass is 238 g/mol. The van der Waals surface area contributed by atoms with Crippen molar-refractivity contribution < 1.29 is 4.74 Å². The number of halogens is 1. The van der Waals surface area contributed by atoms with Gasteiger partial charge in [-0.15, -0.1) is 0 Å². The first-order valence-electron chi connectivity index (χ1n) is 5.74. The van der Waals surface area contributed by atoms with Crippen LogP contribution in [-0.2, 0) is 0 Å². The molecule has 4 heteroatoms. The summed E-state index contributed by atoms with van der Waals surface area (Å²) in [5.41, 5.74) is 1.15. The smallest absolute Gasteiger partial charge is 0.142 e. The highest BCUT2D eigenvalue weighted by Crippen LogP contribution is 2.35. The second-order valence-corrected chi connectivity index (χ2v) is 4.74. The predicted octanol–water partition coefficient (Wildman–Crippen LogP) is 1.90. The molecule has 3 nitrogen and oxygen atoms in total. The van der Waals surface area contributed by atoms with E-state index < -0.39 is 0 Å². The minimum absolute atomic E-state index is 0.536. The number of nitrogens with one attached hydrogen (secondary N) is 1. The number of rotatable bonds is 0. The van der Waals surface area contributed by atoms with Crippen LogP contribution in [0.3, 0.4) is 0 Å². The Balaban J connectivity index is 2.02. The van der Waals surface area contributed by atoms with Crippen molar-refractivity contribution >= 4 is 17.3 Å². The van der Waals surface area contributed by atoms with Crippen molar-refractivity contribution in [1.82, 2.24) is 5.32 Å². The molecule has 0 saturated carbocycles. The molecular formula is C12H15ClN2O. The minimum atomic E-state index is 0.536. The number of ether oxygens (including phenoxy) is 1. The molecule has 1 aromatic rings. The summed E-state index contributed by atoms with van der Waals surface area (Å²) in [6.45, 7) is 3.89. The van der Waals surface area contributed by atoms with Gasteiger partial charge in [-0.2, -0.15) is 0 Å². The van der Waals surface area contributed by atoms with Crippen LogP contribution in [0.1, 0.15) is 6.42 Å². The van der Waals surface area contributed by atoms with E-state index in [1.54, 1.807) is 0 Å². The number of piperazine rings is 1. The van der Waals surface area contributed by atoms with E-state index in [2.05, 4.69) is 10.2 Å². The van der Waals surface area contributed by atoms with E-state index in [0.717, 1.165) is 49.1 Å². The maximum Gasteiger partial charge on any atom is 0.142 e. The molecule has 0 aliphatic carbocycles. The van der Waals surface area contributed by atoms with Crippen molar-refractivity contribution in [2.24, 2.45) is 0 Å². The molecule has 86 valence electrons. The predicted molar refractivity (Wildman–Crippen MR) is 65.6 cm³/mol. The van der Waals surface area contributed by atoms with E-state index in [1.165, 1.54) is 0 Å². The van der Waals surface area contributed by atoms with Gasteiger partial charge in [0.1, 0.15) is 5.75 Å². The molecule has 1 N–H and O–H groups in total. The molecule has 0 unspecified atom stereocenters. The van der Waals surface area contributed by atoms with E-state index in [0.29, 0.717) is 6.04 Å². The zero-order chi connectivity index (χ0) is 11.0. The van der Waals surface area contributed by atoms with Gasteiger partial charge >= 0.3 is 0 Å². The van der Waals surface area contributed by atoms with Crippen molar-refractivity contribution in [3.05, 3.63) is 23.2 Å². The third-order valence-electron chi connectivity index (χ3n) is 3.29. The Morgan fingerprint density at radius 1 is 1.44 bits per heavy atom. The van der Waals surface area contributed by atoms with Gasteiger partial charge < -0.3 is 15.0 Å². The number of hydrogen-bond donors (Lipinski definition) is 1. The molecule has 1 atom stereocenters. The highest BCUT2D eigenvalue weighted by molar-refractivity contribution is 6.30. The van der Waals surface area contributed by atoms with Gasteiger partial charge in [0.25, 0.3) is 0 Å². The van der Waals surface area contributed by atoms with Crippen molar-refractivity contribution in [2.45, 2.75) is 12.5 Å². The van der Waals surface area contributed by atoms with Crippen LogP contribution < -0.4 is 15.0 Å². The normalized spacial score (nSPS) is 24.1. The number of benzene rings is 1. The van der Waals surface area contributed by atoms with Crippen molar-refractivity contribution in [3.63, 3.8) is 0 Å². The van der Waals surface area contributed by atoms with Crippen LogP contribution in [0.25, 0.3) is 0 Å². The average molecular weight is 239 g/mol. The molecule has 16 heavy (non-hydrogen) atoms. The lowest BCUT2D eigenvalue weighted by Gasteiger charge is -2.36. The van der Waals surface area contributed by atoms with Gasteiger partial charge in [0.05, 0.1) is 12.3 Å². The first-order valence-corrected chi connectivity index (χ1v) is 6.12. The van der Waals surface area contributed by atoms with Crippen LogP contribution in [-0.4, -0.2) is 32.3 Å². The number of hydrogen-bond acceptors (Lipinski definition) is 3. The van der Waals surface area contributed by atoms with E-state index in [9.17, 15) is 0 Å². The summed E-state index contributed by atoms with van der Waals surface area (Å²) in [5.74, 6) is 0.966. The second-order valence-electron chi connectivity index (χ2n) is 4.30. The van der Waals surface area contributed by atoms with Crippen molar-refractivity contribution in [2.75, 3.05) is 31.1 Å². The Labute approximate surface area is 100 Å². The molecule has 1 fully saturated rings. The maximum atomic E-state index is 6.06. The van der Waals surface area contributed by atoms with Crippen molar-refractivity contribution in [1.29, 1.82) is 0 Å². The Bertz CT molecular complexity index is 397. The number of fused-ring (bicyclic) bond motifs is 3. The Morgan fingerprint density at radius 2 is 2.38 bits per heavy atom. The molecule has 2 aliphatic rings. The largest absolute Gasteiger partial charge is 0.491 e. The summed E-state index contributed by atoms with van der Waals surface area (Å²) < 4.78 is 5.77. The van der Waals surface area contributed by atoms with E-state index in [4.69, 9.17) is 16.3 Å². The van der Waals surface area contributed by atoms with Gasteiger partial charge in [-0.1, -0.05) is 11.6 Å². The molecule has 2 aliphatic heterocycles. The Morgan fingerprint density at radius 3 is 3.31 bits per heavy atom. The topological polar surface area (TPSA) is 24.5 Å². The fourth-order valence-electron chi connectivity index (χ4n) is 2.48.